The van der Waals surface area contributed by atoms with E-state index >= 15 is 0 Å². The molecular weight excluding hydrogens is 448 g/mol. The highest BCUT2D eigenvalue weighted by molar-refractivity contribution is 7.99. The number of hydrogen-bond acceptors (Lipinski definition) is 6. The van der Waals surface area contributed by atoms with Gasteiger partial charge >= 0.3 is 0 Å². The van der Waals surface area contributed by atoms with Crippen molar-refractivity contribution in [2.24, 2.45) is 5.92 Å². The lowest BCUT2D eigenvalue weighted by Gasteiger charge is -2.31. The Morgan fingerprint density at radius 1 is 1.06 bits per heavy atom. The van der Waals surface area contributed by atoms with Crippen LogP contribution in [0.25, 0.3) is 5.69 Å². The number of benzene rings is 2. The first-order chi connectivity index (χ1) is 16.6. The van der Waals surface area contributed by atoms with Gasteiger partial charge < -0.3 is 10.2 Å². The van der Waals surface area contributed by atoms with Gasteiger partial charge in [-0.2, -0.15) is 4.68 Å². The van der Waals surface area contributed by atoms with Crippen LogP contribution in [0.15, 0.2) is 59.8 Å². The molecule has 2 heterocycles. The molecule has 0 aliphatic carbocycles. The molecule has 1 aliphatic rings. The first kappa shape index (κ1) is 23.9. The molecule has 0 bridgehead atoms. The SMILES string of the molecule is CCCCc1ccc(-n2nnnc2SCC(=O)N2CCC(C(=O)Nc3ccccc3)CC2)cc1. The van der Waals surface area contributed by atoms with E-state index in [2.05, 4.69) is 39.9 Å². The van der Waals surface area contributed by atoms with E-state index in [1.165, 1.54) is 30.2 Å². The van der Waals surface area contributed by atoms with Gasteiger partial charge in [-0.25, -0.2) is 0 Å². The average molecular weight is 479 g/mol. The van der Waals surface area contributed by atoms with Crippen molar-refractivity contribution < 1.29 is 9.59 Å². The second-order valence-electron chi connectivity index (χ2n) is 8.44. The van der Waals surface area contributed by atoms with Crippen LogP contribution in [0.2, 0.25) is 0 Å². The van der Waals surface area contributed by atoms with Gasteiger partial charge in [0, 0.05) is 24.7 Å². The molecule has 0 saturated carbocycles. The first-order valence-electron chi connectivity index (χ1n) is 11.8. The number of aromatic nitrogens is 4. The summed E-state index contributed by atoms with van der Waals surface area (Å²) in [6.45, 7) is 3.35. The molecule has 0 spiro atoms. The Balaban J connectivity index is 1.26. The fourth-order valence-electron chi connectivity index (χ4n) is 3.99. The molecule has 8 nitrogen and oxygen atoms in total. The van der Waals surface area contributed by atoms with Crippen LogP contribution in [-0.4, -0.2) is 55.8 Å². The smallest absolute Gasteiger partial charge is 0.233 e. The summed E-state index contributed by atoms with van der Waals surface area (Å²) in [4.78, 5) is 27.1. The van der Waals surface area contributed by atoms with Gasteiger partial charge in [0.15, 0.2) is 0 Å². The van der Waals surface area contributed by atoms with E-state index in [4.69, 9.17) is 0 Å². The number of piperidine rings is 1. The minimum absolute atomic E-state index is 0.0209. The molecule has 2 amide bonds. The van der Waals surface area contributed by atoms with Crippen molar-refractivity contribution in [3.63, 3.8) is 0 Å². The number of rotatable bonds is 9. The van der Waals surface area contributed by atoms with E-state index in [0.717, 1.165) is 17.8 Å². The Kier molecular flexibility index (Phi) is 8.30. The normalized spacial score (nSPS) is 14.2. The lowest BCUT2D eigenvalue weighted by Crippen LogP contribution is -2.42. The average Bonchev–Trinajstić information content (AvgIpc) is 3.35. The third-order valence-electron chi connectivity index (χ3n) is 6.03. The molecule has 3 aromatic rings. The van der Waals surface area contributed by atoms with Crippen molar-refractivity contribution in [2.45, 2.75) is 44.2 Å². The predicted molar refractivity (Wildman–Crippen MR) is 133 cm³/mol. The molecule has 1 saturated heterocycles. The molecule has 0 unspecified atom stereocenters. The van der Waals surface area contributed by atoms with Crippen molar-refractivity contribution >= 4 is 29.3 Å². The van der Waals surface area contributed by atoms with Crippen LogP contribution in [0.4, 0.5) is 5.69 Å². The molecule has 2 aromatic carbocycles. The Morgan fingerprint density at radius 3 is 2.50 bits per heavy atom. The number of nitrogens with one attached hydrogen (secondary N) is 1. The Labute approximate surface area is 204 Å². The number of nitrogens with zero attached hydrogens (tertiary/aromatic N) is 5. The van der Waals surface area contributed by atoms with Crippen molar-refractivity contribution in [3.05, 3.63) is 60.2 Å². The van der Waals surface area contributed by atoms with Crippen molar-refractivity contribution in [1.82, 2.24) is 25.1 Å². The van der Waals surface area contributed by atoms with Gasteiger partial charge in [-0.05, 0) is 65.9 Å². The molecule has 1 aliphatic heterocycles. The number of hydrogen-bond donors (Lipinski definition) is 1. The molecule has 0 radical (unpaired) electrons. The zero-order chi connectivity index (χ0) is 23.8. The Bertz CT molecular complexity index is 1080. The molecule has 1 aromatic heterocycles. The number of para-hydroxylation sites is 1. The van der Waals surface area contributed by atoms with E-state index < -0.39 is 0 Å². The molecule has 9 heteroatoms. The van der Waals surface area contributed by atoms with Gasteiger partial charge in [-0.1, -0.05) is 55.4 Å². The van der Waals surface area contributed by atoms with Crippen LogP contribution in [0.3, 0.4) is 0 Å². The monoisotopic (exact) mass is 478 g/mol. The third kappa shape index (κ3) is 6.22. The molecule has 4 rings (SSSR count). The lowest BCUT2D eigenvalue weighted by molar-refractivity contribution is -0.132. The van der Waals surface area contributed by atoms with E-state index in [1.54, 1.807) is 4.68 Å². The molecule has 1 fully saturated rings. The second-order valence-corrected chi connectivity index (χ2v) is 9.38. The summed E-state index contributed by atoms with van der Waals surface area (Å²) in [5.74, 6) is 0.240. The highest BCUT2D eigenvalue weighted by Gasteiger charge is 2.27. The summed E-state index contributed by atoms with van der Waals surface area (Å²) in [5.41, 5.74) is 2.98. The third-order valence-corrected chi connectivity index (χ3v) is 6.93. The van der Waals surface area contributed by atoms with Crippen LogP contribution in [0.5, 0.6) is 0 Å². The fraction of sp³-hybridized carbons (Fsp3) is 0.400. The summed E-state index contributed by atoms with van der Waals surface area (Å²) in [6.07, 6.45) is 4.73. The summed E-state index contributed by atoms with van der Waals surface area (Å²) in [7, 11) is 0. The highest BCUT2D eigenvalue weighted by Crippen LogP contribution is 2.23. The lowest BCUT2D eigenvalue weighted by atomic mass is 9.96. The zero-order valence-corrected chi connectivity index (χ0v) is 20.2. The quantitative estimate of drug-likeness (QED) is 0.468. The van der Waals surface area contributed by atoms with Crippen LogP contribution < -0.4 is 5.32 Å². The van der Waals surface area contributed by atoms with Gasteiger partial charge in [-0.3, -0.25) is 9.59 Å². The van der Waals surface area contributed by atoms with E-state index in [-0.39, 0.29) is 23.5 Å². The number of carbonyl (C=O) groups excluding carboxylic acids is 2. The predicted octanol–water partition coefficient (Wildman–Crippen LogP) is 3.97. The van der Waals surface area contributed by atoms with Gasteiger partial charge in [0.25, 0.3) is 0 Å². The van der Waals surface area contributed by atoms with Gasteiger partial charge in [-0.15, -0.1) is 5.10 Å². The van der Waals surface area contributed by atoms with Crippen LogP contribution in [0.1, 0.15) is 38.2 Å². The van der Waals surface area contributed by atoms with Crippen LogP contribution >= 0.6 is 11.8 Å². The van der Waals surface area contributed by atoms with Gasteiger partial charge in [0.2, 0.25) is 17.0 Å². The molecular formula is C25H30N6O2S. The van der Waals surface area contributed by atoms with Gasteiger partial charge in [0.1, 0.15) is 0 Å². The Morgan fingerprint density at radius 2 is 1.79 bits per heavy atom. The number of unbranched alkanes of at least 4 members (excludes halogenated alkanes) is 1. The number of aryl methyl sites for hydroxylation is 1. The van der Waals surface area contributed by atoms with E-state index in [0.29, 0.717) is 31.1 Å². The summed E-state index contributed by atoms with van der Waals surface area (Å²) in [5, 5.41) is 15.5. The summed E-state index contributed by atoms with van der Waals surface area (Å²) < 4.78 is 1.67. The molecule has 178 valence electrons. The number of tetrazole rings is 1. The minimum atomic E-state index is -0.0792. The number of amides is 2. The van der Waals surface area contributed by atoms with E-state index in [9.17, 15) is 9.59 Å². The standard InChI is InChI=1S/C25H30N6O2S/c1-2-3-7-19-10-12-22(13-11-19)31-25(27-28-29-31)34-18-23(32)30-16-14-20(15-17-30)24(33)26-21-8-5-4-6-9-21/h4-6,8-13,20H,2-3,7,14-18H2,1H3,(H,26,33). The minimum Gasteiger partial charge on any atom is -0.342 e. The number of likely N-dealkylation sites (tertiary alicyclic amines) is 1. The van der Waals surface area contributed by atoms with Crippen LogP contribution in [0, 0.1) is 5.92 Å². The molecule has 0 atom stereocenters. The van der Waals surface area contributed by atoms with Crippen molar-refractivity contribution in [3.8, 4) is 5.69 Å². The second kappa shape index (κ2) is 11.8. The van der Waals surface area contributed by atoms with E-state index in [1.807, 2.05) is 47.4 Å². The first-order valence-corrected chi connectivity index (χ1v) is 12.8. The number of carbonyl (C=O) groups is 2. The molecule has 1 N–H and O–H groups in total. The topological polar surface area (TPSA) is 93.0 Å². The maximum absolute atomic E-state index is 12.8. The largest absolute Gasteiger partial charge is 0.342 e. The zero-order valence-electron chi connectivity index (χ0n) is 19.4. The fourth-order valence-corrected chi connectivity index (χ4v) is 4.78. The Hall–Kier alpha value is -3.20. The summed E-state index contributed by atoms with van der Waals surface area (Å²) in [6, 6.07) is 17.7. The molecule has 34 heavy (non-hydrogen) atoms. The number of anilines is 1. The van der Waals surface area contributed by atoms with Crippen molar-refractivity contribution in [2.75, 3.05) is 24.2 Å². The van der Waals surface area contributed by atoms with Gasteiger partial charge in [0.05, 0.1) is 11.4 Å². The maximum Gasteiger partial charge on any atom is 0.233 e. The summed E-state index contributed by atoms with van der Waals surface area (Å²) >= 11 is 1.33. The number of thioether (sulfide) groups is 1. The van der Waals surface area contributed by atoms with Crippen molar-refractivity contribution in [1.29, 1.82) is 0 Å². The highest BCUT2D eigenvalue weighted by atomic mass is 32.2. The van der Waals surface area contributed by atoms with Crippen LogP contribution in [-0.2, 0) is 16.0 Å². The maximum atomic E-state index is 12.8.